The lowest BCUT2D eigenvalue weighted by molar-refractivity contribution is -0.175. The van der Waals surface area contributed by atoms with Gasteiger partial charge in [0.15, 0.2) is 11.7 Å². The quantitative estimate of drug-likeness (QED) is 0.107. The minimum absolute atomic E-state index is 0.144. The summed E-state index contributed by atoms with van der Waals surface area (Å²) in [4.78, 5) is 0. The lowest BCUT2D eigenvalue weighted by Crippen LogP contribution is -2.21. The van der Waals surface area contributed by atoms with Gasteiger partial charge in [-0.2, -0.15) is 8.78 Å². The SMILES string of the molecule is C=C(C)/C=C\C(=C)C(=C)/C=C(/F)C(=C)C(=C)/C=C(/F)C(=C)C(=C)/C=C\C(=C)C(F)(F)OC(=C)/C=C(/F)C(=C)F. The van der Waals surface area contributed by atoms with Gasteiger partial charge in [0.1, 0.15) is 17.4 Å². The predicted molar refractivity (Wildman–Crippen MR) is 150 cm³/mol. The molecule has 0 heterocycles. The molecule has 7 heteroatoms. The van der Waals surface area contributed by atoms with Gasteiger partial charge in [0.2, 0.25) is 0 Å². The highest BCUT2D eigenvalue weighted by Gasteiger charge is 2.34. The monoisotopic (exact) mass is 544 g/mol. The zero-order valence-electron chi connectivity index (χ0n) is 21.8. The van der Waals surface area contributed by atoms with Crippen LogP contribution in [0.3, 0.4) is 0 Å². The van der Waals surface area contributed by atoms with E-state index in [1.54, 1.807) is 19.1 Å². The molecule has 0 bridgehead atoms. The van der Waals surface area contributed by atoms with Crippen molar-refractivity contribution in [3.05, 3.63) is 182 Å². The highest BCUT2D eigenvalue weighted by molar-refractivity contribution is 5.55. The zero-order chi connectivity index (χ0) is 30.7. The van der Waals surface area contributed by atoms with E-state index in [1.165, 1.54) is 0 Å². The van der Waals surface area contributed by atoms with Crippen molar-refractivity contribution in [2.24, 2.45) is 0 Å². The van der Waals surface area contributed by atoms with Crippen molar-refractivity contribution in [1.82, 2.24) is 0 Å². The highest BCUT2D eigenvalue weighted by atomic mass is 19.3. The fraction of sp³-hybridized carbons (Fsp3) is 0.0625. The van der Waals surface area contributed by atoms with E-state index >= 15 is 0 Å². The molecule has 0 N–H and O–H groups in total. The van der Waals surface area contributed by atoms with Gasteiger partial charge in [-0.1, -0.05) is 89.6 Å². The summed E-state index contributed by atoms with van der Waals surface area (Å²) in [6, 6.07) is 0. The van der Waals surface area contributed by atoms with E-state index in [1.807, 2.05) is 0 Å². The maximum atomic E-state index is 14.7. The number of hydrogen-bond donors (Lipinski definition) is 0. The fourth-order valence-corrected chi connectivity index (χ4v) is 2.19. The number of alkyl halides is 2. The normalized spacial score (nSPS) is 12.7. The Hall–Kier alpha value is -4.52. The molecule has 0 amide bonds. The van der Waals surface area contributed by atoms with E-state index in [4.69, 9.17) is 0 Å². The first kappa shape index (κ1) is 34.5. The molecule has 0 aliphatic heterocycles. The molecule has 206 valence electrons. The summed E-state index contributed by atoms with van der Waals surface area (Å²) in [6.07, 6.45) is 3.08. The number of ether oxygens (including phenoxy) is 1. The number of allylic oxidation sites excluding steroid dienone is 17. The lowest BCUT2D eigenvalue weighted by Gasteiger charge is -2.18. The Morgan fingerprint density at radius 2 is 1.03 bits per heavy atom. The van der Waals surface area contributed by atoms with Crippen molar-refractivity contribution in [2.45, 2.75) is 13.0 Å². The Bertz CT molecular complexity index is 1310. The van der Waals surface area contributed by atoms with Gasteiger partial charge in [0.05, 0.1) is 5.57 Å². The number of hydrogen-bond acceptors (Lipinski definition) is 1. The first-order valence-electron chi connectivity index (χ1n) is 10.9. The summed E-state index contributed by atoms with van der Waals surface area (Å²) in [5.74, 6) is -5.78. The zero-order valence-corrected chi connectivity index (χ0v) is 21.8. The van der Waals surface area contributed by atoms with Crippen LogP contribution in [0.25, 0.3) is 0 Å². The molecule has 0 atom stereocenters. The summed E-state index contributed by atoms with van der Waals surface area (Å²) in [7, 11) is 0. The number of halogens is 6. The van der Waals surface area contributed by atoms with Gasteiger partial charge >= 0.3 is 6.11 Å². The van der Waals surface area contributed by atoms with Crippen molar-refractivity contribution in [3.8, 4) is 0 Å². The maximum Gasteiger partial charge on any atom is 0.426 e. The summed E-state index contributed by atoms with van der Waals surface area (Å²) in [5.41, 5.74) is -0.404. The standard InChI is InChI=1S/C32H30F6O/c1-19(2)12-13-20(3)22(5)16-29(34)27(10)23(6)17-30(35)26(9)21(4)14-15-24(7)32(37,38)39-25(8)18-31(36)28(11)33/h12-18H,1,3-11H2,2H3/b13-12-,15-14-,29-16+,30-17+,31-18+. The Balaban J connectivity index is 5.43. The molecule has 0 aliphatic rings. The van der Waals surface area contributed by atoms with Crippen LogP contribution in [0.1, 0.15) is 6.92 Å². The van der Waals surface area contributed by atoms with Gasteiger partial charge in [-0.05, 0) is 47.4 Å². The van der Waals surface area contributed by atoms with Crippen LogP contribution in [0.4, 0.5) is 26.3 Å². The Kier molecular flexibility index (Phi) is 13.3. The minimum atomic E-state index is -4.08. The average Bonchev–Trinajstić information content (AvgIpc) is 2.83. The second-order valence-corrected chi connectivity index (χ2v) is 8.06. The van der Waals surface area contributed by atoms with Crippen molar-refractivity contribution >= 4 is 0 Å². The summed E-state index contributed by atoms with van der Waals surface area (Å²) in [5, 5.41) is 0. The summed E-state index contributed by atoms with van der Waals surface area (Å²) < 4.78 is 87.6. The fourth-order valence-electron chi connectivity index (χ4n) is 2.19. The minimum Gasteiger partial charge on any atom is -0.429 e. The van der Waals surface area contributed by atoms with E-state index in [-0.39, 0.29) is 33.9 Å². The van der Waals surface area contributed by atoms with Crippen LogP contribution >= 0.6 is 0 Å². The van der Waals surface area contributed by atoms with Crippen LogP contribution in [-0.4, -0.2) is 6.11 Å². The van der Waals surface area contributed by atoms with Gasteiger partial charge in [-0.25, -0.2) is 17.6 Å². The molecular weight excluding hydrogens is 514 g/mol. The van der Waals surface area contributed by atoms with Crippen LogP contribution in [0.2, 0.25) is 0 Å². The maximum absolute atomic E-state index is 14.7. The molecule has 0 aromatic heterocycles. The van der Waals surface area contributed by atoms with Gasteiger partial charge in [0.25, 0.3) is 0 Å². The number of rotatable bonds is 16. The van der Waals surface area contributed by atoms with Gasteiger partial charge in [-0.15, -0.1) is 0 Å². The molecule has 0 unspecified atom stereocenters. The molecule has 0 aromatic rings. The molecule has 0 aliphatic carbocycles. The third-order valence-corrected chi connectivity index (χ3v) is 4.60. The lowest BCUT2D eigenvalue weighted by atomic mass is 10.0. The molecule has 1 nitrogen and oxygen atoms in total. The Morgan fingerprint density at radius 3 is 1.51 bits per heavy atom. The van der Waals surface area contributed by atoms with Crippen LogP contribution in [0, 0.1) is 0 Å². The van der Waals surface area contributed by atoms with E-state index in [0.717, 1.165) is 29.9 Å². The van der Waals surface area contributed by atoms with Crippen LogP contribution in [0.5, 0.6) is 0 Å². The molecular formula is C32H30F6O. The molecule has 0 saturated heterocycles. The molecule has 0 aromatic carbocycles. The Morgan fingerprint density at radius 1 is 0.564 bits per heavy atom. The average molecular weight is 545 g/mol. The third kappa shape index (κ3) is 12.0. The molecule has 0 saturated carbocycles. The van der Waals surface area contributed by atoms with Crippen molar-refractivity contribution in [1.29, 1.82) is 0 Å². The van der Waals surface area contributed by atoms with Crippen LogP contribution < -0.4 is 0 Å². The molecule has 0 spiro atoms. The summed E-state index contributed by atoms with van der Waals surface area (Å²) >= 11 is 0. The van der Waals surface area contributed by atoms with Crippen LogP contribution in [0.15, 0.2) is 182 Å². The van der Waals surface area contributed by atoms with Crippen molar-refractivity contribution in [2.75, 3.05) is 0 Å². The Labute approximate surface area is 226 Å². The van der Waals surface area contributed by atoms with Crippen molar-refractivity contribution in [3.63, 3.8) is 0 Å². The molecule has 0 radical (unpaired) electrons. The molecule has 0 rings (SSSR count). The van der Waals surface area contributed by atoms with Crippen LogP contribution in [-0.2, 0) is 4.74 Å². The highest BCUT2D eigenvalue weighted by Crippen LogP contribution is 2.31. The summed E-state index contributed by atoms with van der Waals surface area (Å²) in [6.45, 7) is 35.9. The van der Waals surface area contributed by atoms with Gasteiger partial charge < -0.3 is 4.74 Å². The smallest absolute Gasteiger partial charge is 0.426 e. The second-order valence-electron chi connectivity index (χ2n) is 8.06. The van der Waals surface area contributed by atoms with E-state index in [2.05, 4.69) is 70.5 Å². The van der Waals surface area contributed by atoms with E-state index in [0.29, 0.717) is 5.57 Å². The topological polar surface area (TPSA) is 9.23 Å². The van der Waals surface area contributed by atoms with Gasteiger partial charge in [0, 0.05) is 17.2 Å². The van der Waals surface area contributed by atoms with E-state index in [9.17, 15) is 26.3 Å². The largest absolute Gasteiger partial charge is 0.429 e. The van der Waals surface area contributed by atoms with E-state index < -0.39 is 40.7 Å². The predicted octanol–water partition coefficient (Wildman–Crippen LogP) is 10.7. The third-order valence-electron chi connectivity index (χ3n) is 4.60. The van der Waals surface area contributed by atoms with Crippen molar-refractivity contribution < 1.29 is 31.1 Å². The first-order chi connectivity index (χ1) is 17.8. The molecule has 39 heavy (non-hydrogen) atoms. The second kappa shape index (κ2) is 15.0. The molecule has 0 fully saturated rings. The first-order valence-corrected chi connectivity index (χ1v) is 10.9. The van der Waals surface area contributed by atoms with Gasteiger partial charge in [-0.3, -0.25) is 0 Å².